The zero-order chi connectivity index (χ0) is 29.0. The van der Waals surface area contributed by atoms with Gasteiger partial charge in [-0.05, 0) is 53.1 Å². The number of amides is 1. The SMILES string of the molecule is COC(=O)N(c1cc2cc(-c3ccccc3)ccc2o1)C(Cc1cccc(NS(=O)(=O)c2ccccc2)c1)C(=O)O. The predicted octanol–water partition coefficient (Wildman–Crippen LogP) is 6.17. The molecule has 0 fully saturated rings. The molecule has 1 atom stereocenters. The molecule has 4 aromatic carbocycles. The van der Waals surface area contributed by atoms with E-state index in [9.17, 15) is 23.1 Å². The number of carboxylic acids is 1. The molecule has 0 saturated heterocycles. The number of nitrogens with zero attached hydrogens (tertiary/aromatic N) is 1. The van der Waals surface area contributed by atoms with Crippen LogP contribution in [0.15, 0.2) is 119 Å². The van der Waals surface area contributed by atoms with Gasteiger partial charge in [-0.2, -0.15) is 0 Å². The van der Waals surface area contributed by atoms with Gasteiger partial charge in [0.05, 0.1) is 12.0 Å². The first-order valence-corrected chi connectivity index (χ1v) is 14.1. The highest BCUT2D eigenvalue weighted by atomic mass is 32.2. The Hall–Kier alpha value is -5.09. The van der Waals surface area contributed by atoms with Crippen LogP contribution in [0.4, 0.5) is 16.4 Å². The molecule has 41 heavy (non-hydrogen) atoms. The van der Waals surface area contributed by atoms with E-state index in [1.165, 1.54) is 18.2 Å². The van der Waals surface area contributed by atoms with Gasteiger partial charge in [0.2, 0.25) is 5.88 Å². The number of nitrogens with one attached hydrogen (secondary N) is 1. The van der Waals surface area contributed by atoms with Crippen LogP contribution in [-0.2, 0) is 26.0 Å². The number of sulfonamides is 1. The lowest BCUT2D eigenvalue weighted by molar-refractivity contribution is -0.138. The van der Waals surface area contributed by atoms with Gasteiger partial charge in [-0.15, -0.1) is 0 Å². The average Bonchev–Trinajstić information content (AvgIpc) is 3.40. The monoisotopic (exact) mass is 570 g/mol. The lowest BCUT2D eigenvalue weighted by Gasteiger charge is -2.25. The summed E-state index contributed by atoms with van der Waals surface area (Å²) in [6.45, 7) is 0. The fourth-order valence-corrected chi connectivity index (χ4v) is 5.59. The fraction of sp³-hybridized carbons (Fsp3) is 0.0968. The summed E-state index contributed by atoms with van der Waals surface area (Å²) in [6, 6.07) is 29.6. The number of anilines is 2. The number of fused-ring (bicyclic) bond motifs is 1. The molecule has 5 rings (SSSR count). The van der Waals surface area contributed by atoms with Crippen LogP contribution in [0.5, 0.6) is 0 Å². The number of benzene rings is 4. The predicted molar refractivity (Wildman–Crippen MR) is 155 cm³/mol. The number of hydrogen-bond acceptors (Lipinski definition) is 6. The van der Waals surface area contributed by atoms with E-state index in [-0.39, 0.29) is 22.9 Å². The van der Waals surface area contributed by atoms with Crippen LogP contribution in [0.25, 0.3) is 22.1 Å². The zero-order valence-electron chi connectivity index (χ0n) is 21.9. The van der Waals surface area contributed by atoms with Crippen LogP contribution in [0.1, 0.15) is 5.56 Å². The Balaban J connectivity index is 1.45. The number of carboxylic acid groups (broad SMARTS) is 1. The average molecular weight is 571 g/mol. The number of ether oxygens (including phenoxy) is 1. The molecular weight excluding hydrogens is 544 g/mol. The molecule has 10 heteroatoms. The molecule has 1 amide bonds. The van der Waals surface area contributed by atoms with Crippen molar-refractivity contribution in [3.8, 4) is 11.1 Å². The lowest BCUT2D eigenvalue weighted by atomic mass is 10.0. The first-order chi connectivity index (χ1) is 19.7. The van der Waals surface area contributed by atoms with Crippen molar-refractivity contribution in [1.82, 2.24) is 0 Å². The topological polar surface area (TPSA) is 126 Å². The van der Waals surface area contributed by atoms with Crippen molar-refractivity contribution in [3.63, 3.8) is 0 Å². The molecule has 2 N–H and O–H groups in total. The molecule has 1 aromatic heterocycles. The van der Waals surface area contributed by atoms with Crippen LogP contribution in [0, 0.1) is 0 Å². The van der Waals surface area contributed by atoms with E-state index in [2.05, 4.69) is 4.72 Å². The molecule has 9 nitrogen and oxygen atoms in total. The summed E-state index contributed by atoms with van der Waals surface area (Å²) < 4.78 is 38.9. The Kier molecular flexibility index (Phi) is 7.75. The van der Waals surface area contributed by atoms with E-state index in [4.69, 9.17) is 9.15 Å². The highest BCUT2D eigenvalue weighted by Crippen LogP contribution is 2.32. The Morgan fingerprint density at radius 1 is 0.878 bits per heavy atom. The lowest BCUT2D eigenvalue weighted by Crippen LogP contribution is -2.46. The summed E-state index contributed by atoms with van der Waals surface area (Å²) in [4.78, 5) is 26.4. The summed E-state index contributed by atoms with van der Waals surface area (Å²) in [6.07, 6.45) is -1.07. The highest BCUT2D eigenvalue weighted by molar-refractivity contribution is 7.92. The number of furan rings is 1. The maximum Gasteiger partial charge on any atom is 0.417 e. The second-order valence-corrected chi connectivity index (χ2v) is 10.9. The molecule has 1 heterocycles. The van der Waals surface area contributed by atoms with Crippen molar-refractivity contribution in [2.24, 2.45) is 0 Å². The van der Waals surface area contributed by atoms with E-state index < -0.39 is 28.1 Å². The standard InChI is InChI=1S/C31H26N2O7S/c1-39-31(36)33(29-20-24-19-23(15-16-28(24)40-29)22-10-4-2-5-11-22)27(30(34)35)18-21-9-8-12-25(17-21)32-41(37,38)26-13-6-3-7-14-26/h2-17,19-20,27,32H,18H2,1H3,(H,34,35). The van der Waals surface area contributed by atoms with Gasteiger partial charge in [-0.25, -0.2) is 22.9 Å². The minimum Gasteiger partial charge on any atom is -0.480 e. The van der Waals surface area contributed by atoms with Crippen molar-refractivity contribution >= 4 is 44.6 Å². The Morgan fingerprint density at radius 3 is 2.27 bits per heavy atom. The van der Waals surface area contributed by atoms with Crippen molar-refractivity contribution < 1.29 is 32.3 Å². The van der Waals surface area contributed by atoms with Crippen molar-refractivity contribution in [1.29, 1.82) is 0 Å². The molecule has 0 bridgehead atoms. The molecule has 0 aliphatic heterocycles. The quantitative estimate of drug-likeness (QED) is 0.217. The summed E-state index contributed by atoms with van der Waals surface area (Å²) in [5.74, 6) is -1.29. The van der Waals surface area contributed by atoms with Gasteiger partial charge in [0, 0.05) is 23.6 Å². The summed E-state index contributed by atoms with van der Waals surface area (Å²) >= 11 is 0. The van der Waals surface area contributed by atoms with Crippen LogP contribution < -0.4 is 9.62 Å². The highest BCUT2D eigenvalue weighted by Gasteiger charge is 2.34. The summed E-state index contributed by atoms with van der Waals surface area (Å²) in [5.41, 5.74) is 3.11. The molecule has 5 aromatic rings. The summed E-state index contributed by atoms with van der Waals surface area (Å²) in [7, 11) is -2.70. The van der Waals surface area contributed by atoms with Gasteiger partial charge in [0.1, 0.15) is 11.6 Å². The number of carbonyl (C=O) groups is 2. The molecular formula is C31H26N2O7S. The number of rotatable bonds is 9. The zero-order valence-corrected chi connectivity index (χ0v) is 22.7. The second kappa shape index (κ2) is 11.6. The minimum atomic E-state index is -3.86. The molecule has 0 aliphatic rings. The molecule has 208 valence electrons. The van der Waals surface area contributed by atoms with E-state index in [1.54, 1.807) is 48.5 Å². The van der Waals surface area contributed by atoms with Gasteiger partial charge in [0.15, 0.2) is 0 Å². The third-order valence-electron chi connectivity index (χ3n) is 6.48. The van der Waals surface area contributed by atoms with Gasteiger partial charge in [-0.1, -0.05) is 66.7 Å². The van der Waals surface area contributed by atoms with E-state index in [1.807, 2.05) is 42.5 Å². The third kappa shape index (κ3) is 6.07. The molecule has 0 aliphatic carbocycles. The Bertz CT molecular complexity index is 1800. The van der Waals surface area contributed by atoms with E-state index in [0.29, 0.717) is 16.5 Å². The first kappa shape index (κ1) is 27.5. The maximum absolute atomic E-state index is 12.9. The Morgan fingerprint density at radius 2 is 1.59 bits per heavy atom. The normalized spacial score (nSPS) is 12.0. The van der Waals surface area contributed by atoms with Gasteiger partial charge < -0.3 is 14.3 Å². The van der Waals surface area contributed by atoms with Crippen molar-refractivity contribution in [3.05, 3.63) is 115 Å². The van der Waals surface area contributed by atoms with Crippen LogP contribution >= 0.6 is 0 Å². The number of methoxy groups -OCH3 is 1. The molecule has 0 spiro atoms. The Labute approximate surface area is 236 Å². The second-order valence-electron chi connectivity index (χ2n) is 9.22. The fourth-order valence-electron chi connectivity index (χ4n) is 4.52. The van der Waals surface area contributed by atoms with Crippen LogP contribution in [-0.4, -0.2) is 38.7 Å². The van der Waals surface area contributed by atoms with E-state index >= 15 is 0 Å². The minimum absolute atomic E-state index is 0.00500. The van der Waals surface area contributed by atoms with Crippen molar-refractivity contribution in [2.45, 2.75) is 17.4 Å². The van der Waals surface area contributed by atoms with Gasteiger partial charge >= 0.3 is 12.1 Å². The first-order valence-electron chi connectivity index (χ1n) is 12.6. The van der Waals surface area contributed by atoms with Gasteiger partial charge in [-0.3, -0.25) is 4.72 Å². The van der Waals surface area contributed by atoms with Crippen LogP contribution in [0.3, 0.4) is 0 Å². The number of carbonyl (C=O) groups excluding carboxylic acids is 1. The summed E-state index contributed by atoms with van der Waals surface area (Å²) in [5, 5.41) is 10.9. The maximum atomic E-state index is 12.9. The van der Waals surface area contributed by atoms with Gasteiger partial charge in [0.25, 0.3) is 10.0 Å². The number of aliphatic carboxylic acids is 1. The molecule has 1 unspecified atom stereocenters. The number of hydrogen-bond donors (Lipinski definition) is 2. The van der Waals surface area contributed by atoms with E-state index in [0.717, 1.165) is 23.1 Å². The largest absolute Gasteiger partial charge is 0.480 e. The molecule has 0 radical (unpaired) electrons. The van der Waals surface area contributed by atoms with Crippen LogP contribution in [0.2, 0.25) is 0 Å². The molecule has 0 saturated carbocycles. The van der Waals surface area contributed by atoms with Crippen molar-refractivity contribution in [2.75, 3.05) is 16.7 Å². The smallest absolute Gasteiger partial charge is 0.417 e. The third-order valence-corrected chi connectivity index (χ3v) is 7.87.